The van der Waals surface area contributed by atoms with E-state index in [1.54, 1.807) is 11.8 Å². The molecule has 2 rings (SSSR count). The zero-order chi connectivity index (χ0) is 13.1. The molecular formula is C13H15BrN2OS. The second-order valence-corrected chi connectivity index (χ2v) is 5.55. The number of thioether (sulfide) groups is 1. The molecule has 0 fully saturated rings. The number of hydrogen-bond acceptors (Lipinski definition) is 3. The van der Waals surface area contributed by atoms with E-state index in [0.717, 1.165) is 26.5 Å². The molecule has 0 bridgehead atoms. The number of benzene rings is 1. The molecule has 0 aliphatic heterocycles. The quantitative estimate of drug-likeness (QED) is 0.800. The number of aryl methyl sites for hydroxylation is 2. The highest BCUT2D eigenvalue weighted by Gasteiger charge is 2.11. The van der Waals surface area contributed by atoms with Gasteiger partial charge in [-0.3, -0.25) is 4.68 Å². The Morgan fingerprint density at radius 3 is 2.72 bits per heavy atom. The van der Waals surface area contributed by atoms with Gasteiger partial charge in [0.25, 0.3) is 0 Å². The van der Waals surface area contributed by atoms with Gasteiger partial charge in [-0.15, -0.1) is 11.8 Å². The Labute approximate surface area is 120 Å². The molecule has 0 aliphatic rings. The first-order chi connectivity index (χ1) is 8.63. The Hall–Kier alpha value is -0.940. The van der Waals surface area contributed by atoms with Crippen LogP contribution in [0, 0.1) is 6.92 Å². The minimum absolute atomic E-state index is 0.509. The van der Waals surface area contributed by atoms with Gasteiger partial charge in [0.05, 0.1) is 15.9 Å². The molecule has 0 saturated heterocycles. The maximum absolute atomic E-state index is 5.88. The summed E-state index contributed by atoms with van der Waals surface area (Å²) in [6.45, 7) is 2.49. The van der Waals surface area contributed by atoms with Gasteiger partial charge >= 0.3 is 0 Å². The van der Waals surface area contributed by atoms with Crippen LogP contribution in [-0.2, 0) is 13.7 Å². The summed E-state index contributed by atoms with van der Waals surface area (Å²) in [5, 5.41) is 4.35. The summed E-state index contributed by atoms with van der Waals surface area (Å²) in [6, 6.07) is 8.05. The molecule has 96 valence electrons. The minimum Gasteiger partial charge on any atom is -0.486 e. The molecule has 5 heteroatoms. The topological polar surface area (TPSA) is 27.1 Å². The van der Waals surface area contributed by atoms with Crippen molar-refractivity contribution in [2.45, 2.75) is 18.4 Å². The maximum Gasteiger partial charge on any atom is 0.133 e. The van der Waals surface area contributed by atoms with Crippen LogP contribution in [-0.4, -0.2) is 16.0 Å². The summed E-state index contributed by atoms with van der Waals surface area (Å²) < 4.78 is 8.75. The van der Waals surface area contributed by atoms with E-state index in [-0.39, 0.29) is 0 Å². The molecule has 0 aliphatic carbocycles. The van der Waals surface area contributed by atoms with Gasteiger partial charge < -0.3 is 4.74 Å². The zero-order valence-corrected chi connectivity index (χ0v) is 13.0. The smallest absolute Gasteiger partial charge is 0.133 e. The molecule has 1 heterocycles. The molecule has 3 nitrogen and oxygen atoms in total. The van der Waals surface area contributed by atoms with Gasteiger partial charge in [-0.1, -0.05) is 12.1 Å². The van der Waals surface area contributed by atoms with E-state index in [1.807, 2.05) is 43.1 Å². The molecule has 1 aromatic carbocycles. The predicted octanol–water partition coefficient (Wildman–Crippen LogP) is 3.79. The molecule has 2 aromatic rings. The van der Waals surface area contributed by atoms with Crippen LogP contribution in [0.4, 0.5) is 0 Å². The van der Waals surface area contributed by atoms with Crippen LogP contribution in [0.15, 0.2) is 33.6 Å². The van der Waals surface area contributed by atoms with Crippen LogP contribution in [0.1, 0.15) is 11.4 Å². The van der Waals surface area contributed by atoms with Crippen molar-refractivity contribution < 1.29 is 4.74 Å². The maximum atomic E-state index is 5.88. The lowest BCUT2D eigenvalue weighted by molar-refractivity contribution is 0.287. The first-order valence-electron chi connectivity index (χ1n) is 5.57. The molecule has 0 spiro atoms. The highest BCUT2D eigenvalue weighted by molar-refractivity contribution is 9.10. The molecule has 18 heavy (non-hydrogen) atoms. The second-order valence-electron chi connectivity index (χ2n) is 3.91. The Kier molecular flexibility index (Phi) is 4.35. The number of para-hydroxylation sites is 1. The van der Waals surface area contributed by atoms with E-state index in [9.17, 15) is 0 Å². The van der Waals surface area contributed by atoms with Gasteiger partial charge in [0.1, 0.15) is 12.4 Å². The average molecular weight is 327 g/mol. The Bertz CT molecular complexity index is 554. The number of aromatic nitrogens is 2. The Morgan fingerprint density at radius 2 is 2.11 bits per heavy atom. The van der Waals surface area contributed by atoms with E-state index in [0.29, 0.717) is 6.61 Å². The van der Waals surface area contributed by atoms with Crippen molar-refractivity contribution in [3.8, 4) is 5.75 Å². The second kappa shape index (κ2) is 5.80. The monoisotopic (exact) mass is 326 g/mol. The number of halogens is 1. The van der Waals surface area contributed by atoms with E-state index >= 15 is 0 Å². The third kappa shape index (κ3) is 2.72. The van der Waals surface area contributed by atoms with Crippen molar-refractivity contribution in [1.29, 1.82) is 0 Å². The summed E-state index contributed by atoms with van der Waals surface area (Å²) in [5.41, 5.74) is 2.03. The van der Waals surface area contributed by atoms with Crippen molar-refractivity contribution in [3.63, 3.8) is 0 Å². The van der Waals surface area contributed by atoms with Crippen molar-refractivity contribution in [2.24, 2.45) is 7.05 Å². The Morgan fingerprint density at radius 1 is 1.39 bits per heavy atom. The van der Waals surface area contributed by atoms with Crippen molar-refractivity contribution in [2.75, 3.05) is 6.26 Å². The largest absolute Gasteiger partial charge is 0.486 e. The summed E-state index contributed by atoms with van der Waals surface area (Å²) in [6.07, 6.45) is 2.05. The molecule has 0 saturated carbocycles. The standard InChI is InChI=1S/C13H15BrN2OS/c1-9-13(14)10(16(2)15-9)8-17-11-6-4-5-7-12(11)18-3/h4-7H,8H2,1-3H3. The molecule has 0 unspecified atom stereocenters. The van der Waals surface area contributed by atoms with Gasteiger partial charge in [-0.25, -0.2) is 0 Å². The van der Waals surface area contributed by atoms with Gasteiger partial charge in [-0.05, 0) is 41.2 Å². The number of hydrogen-bond donors (Lipinski definition) is 0. The number of rotatable bonds is 4. The first-order valence-corrected chi connectivity index (χ1v) is 7.59. The van der Waals surface area contributed by atoms with Gasteiger partial charge in [0.2, 0.25) is 0 Å². The van der Waals surface area contributed by atoms with Crippen LogP contribution in [0.2, 0.25) is 0 Å². The van der Waals surface area contributed by atoms with E-state index in [1.165, 1.54) is 0 Å². The fraction of sp³-hybridized carbons (Fsp3) is 0.308. The summed E-state index contributed by atoms with van der Waals surface area (Å²) in [7, 11) is 1.93. The van der Waals surface area contributed by atoms with E-state index in [2.05, 4.69) is 27.1 Å². The number of nitrogens with zero attached hydrogens (tertiary/aromatic N) is 2. The molecular weight excluding hydrogens is 312 g/mol. The van der Waals surface area contributed by atoms with Crippen LogP contribution in [0.25, 0.3) is 0 Å². The Balaban J connectivity index is 2.16. The summed E-state index contributed by atoms with van der Waals surface area (Å²) >= 11 is 5.23. The molecule has 1 aromatic heterocycles. The summed E-state index contributed by atoms with van der Waals surface area (Å²) in [4.78, 5) is 1.15. The number of ether oxygens (including phenoxy) is 1. The van der Waals surface area contributed by atoms with Crippen LogP contribution in [0.3, 0.4) is 0 Å². The zero-order valence-electron chi connectivity index (χ0n) is 10.6. The van der Waals surface area contributed by atoms with Crippen molar-refractivity contribution >= 4 is 27.7 Å². The van der Waals surface area contributed by atoms with E-state index < -0.39 is 0 Å². The normalized spacial score (nSPS) is 10.7. The van der Waals surface area contributed by atoms with Gasteiger partial charge in [-0.2, -0.15) is 5.10 Å². The molecule has 0 atom stereocenters. The lowest BCUT2D eigenvalue weighted by atomic mass is 10.3. The lowest BCUT2D eigenvalue weighted by Crippen LogP contribution is -2.04. The van der Waals surface area contributed by atoms with Crippen LogP contribution < -0.4 is 4.74 Å². The fourth-order valence-corrected chi connectivity index (χ4v) is 2.71. The van der Waals surface area contributed by atoms with Gasteiger partial charge in [0, 0.05) is 11.9 Å². The lowest BCUT2D eigenvalue weighted by Gasteiger charge is -2.10. The molecule has 0 amide bonds. The molecule has 0 radical (unpaired) electrons. The minimum atomic E-state index is 0.509. The predicted molar refractivity (Wildman–Crippen MR) is 78.2 cm³/mol. The molecule has 0 N–H and O–H groups in total. The van der Waals surface area contributed by atoms with Crippen molar-refractivity contribution in [1.82, 2.24) is 9.78 Å². The van der Waals surface area contributed by atoms with Crippen LogP contribution >= 0.6 is 27.7 Å². The van der Waals surface area contributed by atoms with Crippen molar-refractivity contribution in [3.05, 3.63) is 40.1 Å². The van der Waals surface area contributed by atoms with Crippen LogP contribution in [0.5, 0.6) is 5.75 Å². The third-order valence-corrected chi connectivity index (χ3v) is 4.50. The average Bonchev–Trinajstić information content (AvgIpc) is 2.62. The fourth-order valence-electron chi connectivity index (χ4n) is 1.72. The third-order valence-electron chi connectivity index (χ3n) is 2.70. The first kappa shape index (κ1) is 13.5. The highest BCUT2D eigenvalue weighted by atomic mass is 79.9. The summed E-state index contributed by atoms with van der Waals surface area (Å²) in [5.74, 6) is 0.913. The highest BCUT2D eigenvalue weighted by Crippen LogP contribution is 2.28. The van der Waals surface area contributed by atoms with Gasteiger partial charge in [0.15, 0.2) is 0 Å². The van der Waals surface area contributed by atoms with E-state index in [4.69, 9.17) is 4.74 Å². The SMILES string of the molecule is CSc1ccccc1OCc1c(Br)c(C)nn1C.